The topological polar surface area (TPSA) is 82.6 Å². The van der Waals surface area contributed by atoms with Crippen molar-refractivity contribution in [2.24, 2.45) is 0 Å². The monoisotopic (exact) mass is 199 g/mol. The van der Waals surface area contributed by atoms with E-state index >= 15 is 0 Å². The van der Waals surface area contributed by atoms with E-state index in [-0.39, 0.29) is 0 Å². The zero-order chi connectivity index (χ0) is 10.1. The summed E-state index contributed by atoms with van der Waals surface area (Å²) in [6, 6.07) is 0. The van der Waals surface area contributed by atoms with Crippen LogP contribution in [0, 0.1) is 6.92 Å². The zero-order valence-electron chi connectivity index (χ0n) is 7.92. The predicted octanol–water partition coefficient (Wildman–Crippen LogP) is -1.08. The average Bonchev–Trinajstić information content (AvgIpc) is 2.63. The molecule has 0 bridgehead atoms. The minimum absolute atomic E-state index is 0.466. The third-order valence-electron chi connectivity index (χ3n) is 2.45. The first-order chi connectivity index (χ1) is 6.66. The lowest BCUT2D eigenvalue weighted by Gasteiger charge is -2.11. The maximum atomic E-state index is 9.31. The maximum absolute atomic E-state index is 9.31. The summed E-state index contributed by atoms with van der Waals surface area (Å²) < 4.78 is 4.56. The standard InChI is InChI=1S/C8H13N3O3/c1-5-6(10-14-9-5)2-11-3-7(12)8(13)4-11/h7-8,12-13H,2-4H2,1H3. The highest BCUT2D eigenvalue weighted by molar-refractivity contribution is 5.05. The lowest BCUT2D eigenvalue weighted by atomic mass is 10.3. The Kier molecular flexibility index (Phi) is 2.49. The molecule has 1 saturated heterocycles. The molecule has 0 spiro atoms. The normalized spacial score (nSPS) is 28.5. The molecule has 6 nitrogen and oxygen atoms in total. The predicted molar refractivity (Wildman–Crippen MR) is 46.3 cm³/mol. The summed E-state index contributed by atoms with van der Waals surface area (Å²) in [6.45, 7) is 3.30. The van der Waals surface area contributed by atoms with Crippen molar-refractivity contribution in [2.45, 2.75) is 25.7 Å². The molecule has 2 N–H and O–H groups in total. The molecule has 78 valence electrons. The molecule has 0 aliphatic carbocycles. The van der Waals surface area contributed by atoms with Crippen molar-refractivity contribution in [3.8, 4) is 0 Å². The van der Waals surface area contributed by atoms with Gasteiger partial charge in [-0.3, -0.25) is 4.90 Å². The molecular formula is C8H13N3O3. The molecule has 1 aromatic heterocycles. The van der Waals surface area contributed by atoms with Crippen LogP contribution in [-0.2, 0) is 6.54 Å². The van der Waals surface area contributed by atoms with E-state index < -0.39 is 12.2 Å². The highest BCUT2D eigenvalue weighted by Gasteiger charge is 2.30. The minimum Gasteiger partial charge on any atom is -0.389 e. The average molecular weight is 199 g/mol. The van der Waals surface area contributed by atoms with Crippen LogP contribution in [0.5, 0.6) is 0 Å². The highest BCUT2D eigenvalue weighted by atomic mass is 16.6. The van der Waals surface area contributed by atoms with Crippen molar-refractivity contribution >= 4 is 0 Å². The van der Waals surface area contributed by atoms with Crippen LogP contribution >= 0.6 is 0 Å². The van der Waals surface area contributed by atoms with Gasteiger partial charge in [-0.15, -0.1) is 0 Å². The quantitative estimate of drug-likeness (QED) is 0.630. The van der Waals surface area contributed by atoms with Gasteiger partial charge in [0.1, 0.15) is 11.4 Å². The summed E-state index contributed by atoms with van der Waals surface area (Å²) in [5, 5.41) is 26.0. The van der Waals surface area contributed by atoms with E-state index in [4.69, 9.17) is 0 Å². The van der Waals surface area contributed by atoms with Crippen molar-refractivity contribution < 1.29 is 14.8 Å². The van der Waals surface area contributed by atoms with E-state index in [0.717, 1.165) is 11.4 Å². The lowest BCUT2D eigenvalue weighted by molar-refractivity contribution is 0.0572. The fourth-order valence-electron chi connectivity index (χ4n) is 1.58. The van der Waals surface area contributed by atoms with E-state index in [1.165, 1.54) is 0 Å². The third kappa shape index (κ3) is 1.77. The largest absolute Gasteiger partial charge is 0.389 e. The van der Waals surface area contributed by atoms with Crippen molar-refractivity contribution in [1.82, 2.24) is 15.2 Å². The van der Waals surface area contributed by atoms with Crippen molar-refractivity contribution in [3.63, 3.8) is 0 Å². The second kappa shape index (κ2) is 3.64. The summed E-state index contributed by atoms with van der Waals surface area (Å²) in [5.74, 6) is 0. The molecule has 14 heavy (non-hydrogen) atoms. The Morgan fingerprint density at radius 2 is 2.00 bits per heavy atom. The van der Waals surface area contributed by atoms with Crippen LogP contribution in [0.4, 0.5) is 0 Å². The molecule has 2 heterocycles. The Bertz CT molecular complexity index is 305. The Morgan fingerprint density at radius 3 is 2.50 bits per heavy atom. The number of aryl methyl sites for hydroxylation is 1. The molecule has 0 aromatic carbocycles. The second-order valence-electron chi connectivity index (χ2n) is 3.63. The number of nitrogens with zero attached hydrogens (tertiary/aromatic N) is 3. The number of aromatic nitrogens is 2. The Hall–Kier alpha value is -0.980. The van der Waals surface area contributed by atoms with Gasteiger partial charge in [0.05, 0.1) is 12.2 Å². The Morgan fingerprint density at radius 1 is 1.36 bits per heavy atom. The van der Waals surface area contributed by atoms with Crippen molar-refractivity contribution in [2.75, 3.05) is 13.1 Å². The fraction of sp³-hybridized carbons (Fsp3) is 0.750. The number of aliphatic hydroxyl groups excluding tert-OH is 2. The van der Waals surface area contributed by atoms with Crippen molar-refractivity contribution in [1.29, 1.82) is 0 Å². The van der Waals surface area contributed by atoms with Gasteiger partial charge in [0.25, 0.3) is 0 Å². The third-order valence-corrected chi connectivity index (χ3v) is 2.45. The molecule has 1 aromatic rings. The first kappa shape index (κ1) is 9.57. The van der Waals surface area contributed by atoms with E-state index in [0.29, 0.717) is 19.6 Å². The highest BCUT2D eigenvalue weighted by Crippen LogP contribution is 2.13. The SMILES string of the molecule is Cc1nonc1CN1CC(O)C(O)C1. The van der Waals surface area contributed by atoms with E-state index in [1.807, 2.05) is 11.8 Å². The molecule has 6 heteroatoms. The summed E-state index contributed by atoms with van der Waals surface area (Å²) in [5.41, 5.74) is 1.51. The minimum atomic E-state index is -0.657. The molecular weight excluding hydrogens is 186 g/mol. The van der Waals surface area contributed by atoms with Gasteiger partial charge in [-0.05, 0) is 6.92 Å². The molecule has 1 aliphatic heterocycles. The number of β-amino-alcohol motifs (C(OH)–C–C–N with tert-alkyl or cyclic N) is 2. The van der Waals surface area contributed by atoms with Crippen LogP contribution < -0.4 is 0 Å². The summed E-state index contributed by atoms with van der Waals surface area (Å²) in [7, 11) is 0. The molecule has 1 aliphatic rings. The summed E-state index contributed by atoms with van der Waals surface area (Å²) in [6.07, 6.45) is -1.31. The Balaban J connectivity index is 1.97. The number of rotatable bonds is 2. The fourth-order valence-corrected chi connectivity index (χ4v) is 1.58. The molecule has 0 radical (unpaired) electrons. The van der Waals surface area contributed by atoms with Crippen LogP contribution in [0.3, 0.4) is 0 Å². The number of hydrogen-bond donors (Lipinski definition) is 2. The lowest BCUT2D eigenvalue weighted by Crippen LogP contribution is -2.22. The van der Waals surface area contributed by atoms with Gasteiger partial charge >= 0.3 is 0 Å². The van der Waals surface area contributed by atoms with Crippen LogP contribution in [-0.4, -0.2) is 50.7 Å². The summed E-state index contributed by atoms with van der Waals surface area (Å²) >= 11 is 0. The summed E-state index contributed by atoms with van der Waals surface area (Å²) in [4.78, 5) is 1.92. The van der Waals surface area contributed by atoms with Gasteiger partial charge in [0.2, 0.25) is 0 Å². The second-order valence-corrected chi connectivity index (χ2v) is 3.63. The Labute approximate surface area is 81.1 Å². The van der Waals surface area contributed by atoms with Crippen LogP contribution in [0.2, 0.25) is 0 Å². The van der Waals surface area contributed by atoms with E-state index in [1.54, 1.807) is 0 Å². The molecule has 2 rings (SSSR count). The van der Waals surface area contributed by atoms with Crippen molar-refractivity contribution in [3.05, 3.63) is 11.4 Å². The molecule has 0 saturated carbocycles. The van der Waals surface area contributed by atoms with Crippen LogP contribution in [0.1, 0.15) is 11.4 Å². The van der Waals surface area contributed by atoms with Gasteiger partial charge in [-0.25, -0.2) is 4.63 Å². The van der Waals surface area contributed by atoms with Gasteiger partial charge in [-0.2, -0.15) is 0 Å². The smallest absolute Gasteiger partial charge is 0.122 e. The van der Waals surface area contributed by atoms with Gasteiger partial charge in [-0.1, -0.05) is 10.3 Å². The number of hydrogen-bond acceptors (Lipinski definition) is 6. The van der Waals surface area contributed by atoms with Gasteiger partial charge < -0.3 is 10.2 Å². The first-order valence-electron chi connectivity index (χ1n) is 4.53. The molecule has 0 amide bonds. The molecule has 2 unspecified atom stereocenters. The van der Waals surface area contributed by atoms with Gasteiger partial charge in [0, 0.05) is 19.6 Å². The number of likely N-dealkylation sites (tertiary alicyclic amines) is 1. The number of aliphatic hydroxyl groups is 2. The van der Waals surface area contributed by atoms with Crippen LogP contribution in [0.25, 0.3) is 0 Å². The van der Waals surface area contributed by atoms with E-state index in [9.17, 15) is 10.2 Å². The molecule has 2 atom stereocenters. The maximum Gasteiger partial charge on any atom is 0.122 e. The van der Waals surface area contributed by atoms with Gasteiger partial charge in [0.15, 0.2) is 0 Å². The zero-order valence-corrected chi connectivity index (χ0v) is 7.92. The van der Waals surface area contributed by atoms with Crippen LogP contribution in [0.15, 0.2) is 4.63 Å². The molecule has 1 fully saturated rings. The van der Waals surface area contributed by atoms with E-state index in [2.05, 4.69) is 14.9 Å². The first-order valence-corrected chi connectivity index (χ1v) is 4.53.